The smallest absolute Gasteiger partial charge is 0.277 e. The third-order valence-corrected chi connectivity index (χ3v) is 3.70. The standard InChI is InChI=1S/C16H16ClN5O/c1-11-8-14(19-21(11)2)16(23)18-15-6-7-22(20-15)10-12-4-3-5-13(17)9-12/h3-9H,10H2,1-2H3,(H,18,20,23). The average molecular weight is 330 g/mol. The summed E-state index contributed by atoms with van der Waals surface area (Å²) < 4.78 is 3.40. The van der Waals surface area contributed by atoms with E-state index in [0.29, 0.717) is 23.1 Å². The maximum absolute atomic E-state index is 12.1. The number of aryl methyl sites for hydroxylation is 2. The molecule has 0 saturated carbocycles. The van der Waals surface area contributed by atoms with E-state index in [-0.39, 0.29) is 5.91 Å². The number of amides is 1. The summed E-state index contributed by atoms with van der Waals surface area (Å²) in [5, 5.41) is 11.9. The molecular formula is C16H16ClN5O. The predicted octanol–water partition coefficient (Wildman–Crippen LogP) is 2.88. The molecule has 0 fully saturated rings. The van der Waals surface area contributed by atoms with E-state index >= 15 is 0 Å². The summed E-state index contributed by atoms with van der Waals surface area (Å²) in [6.07, 6.45) is 1.81. The van der Waals surface area contributed by atoms with E-state index in [0.717, 1.165) is 11.3 Å². The van der Waals surface area contributed by atoms with Crippen LogP contribution in [-0.4, -0.2) is 25.5 Å². The van der Waals surface area contributed by atoms with Crippen LogP contribution in [0.5, 0.6) is 0 Å². The fourth-order valence-electron chi connectivity index (χ4n) is 2.19. The second-order valence-corrected chi connectivity index (χ2v) is 5.71. The van der Waals surface area contributed by atoms with E-state index in [9.17, 15) is 4.79 Å². The first-order valence-corrected chi connectivity index (χ1v) is 7.49. The zero-order valence-electron chi connectivity index (χ0n) is 12.8. The van der Waals surface area contributed by atoms with Gasteiger partial charge in [-0.2, -0.15) is 10.2 Å². The molecule has 0 saturated heterocycles. The lowest BCUT2D eigenvalue weighted by Crippen LogP contribution is -2.14. The second-order valence-electron chi connectivity index (χ2n) is 5.28. The lowest BCUT2D eigenvalue weighted by Gasteiger charge is -2.02. The molecule has 118 valence electrons. The zero-order valence-corrected chi connectivity index (χ0v) is 13.6. The van der Waals surface area contributed by atoms with Gasteiger partial charge in [-0.05, 0) is 30.7 Å². The number of carbonyl (C=O) groups is 1. The average Bonchev–Trinajstić information content (AvgIpc) is 3.06. The molecule has 1 N–H and O–H groups in total. The first-order chi connectivity index (χ1) is 11.0. The van der Waals surface area contributed by atoms with Crippen LogP contribution in [0, 0.1) is 6.92 Å². The van der Waals surface area contributed by atoms with Gasteiger partial charge in [0.2, 0.25) is 0 Å². The fraction of sp³-hybridized carbons (Fsp3) is 0.188. The Hall–Kier alpha value is -2.60. The minimum atomic E-state index is -0.276. The Balaban J connectivity index is 1.68. The second kappa shape index (κ2) is 6.26. The maximum Gasteiger partial charge on any atom is 0.277 e. The molecule has 23 heavy (non-hydrogen) atoms. The highest BCUT2D eigenvalue weighted by atomic mass is 35.5. The van der Waals surface area contributed by atoms with E-state index in [1.807, 2.05) is 31.2 Å². The van der Waals surface area contributed by atoms with Gasteiger partial charge in [0.05, 0.1) is 6.54 Å². The van der Waals surface area contributed by atoms with Crippen molar-refractivity contribution >= 4 is 23.3 Å². The molecule has 2 aromatic heterocycles. The molecule has 0 aliphatic carbocycles. The van der Waals surface area contributed by atoms with Crippen molar-refractivity contribution in [2.45, 2.75) is 13.5 Å². The van der Waals surface area contributed by atoms with Crippen molar-refractivity contribution < 1.29 is 4.79 Å². The van der Waals surface area contributed by atoms with Gasteiger partial charge in [-0.1, -0.05) is 23.7 Å². The minimum absolute atomic E-state index is 0.276. The highest BCUT2D eigenvalue weighted by molar-refractivity contribution is 6.30. The van der Waals surface area contributed by atoms with Gasteiger partial charge in [0.15, 0.2) is 11.5 Å². The number of nitrogens with zero attached hydrogens (tertiary/aromatic N) is 4. The lowest BCUT2D eigenvalue weighted by molar-refractivity contribution is 0.102. The number of rotatable bonds is 4. The Bertz CT molecular complexity index is 832. The number of aromatic nitrogens is 4. The first kappa shape index (κ1) is 15.3. The fourth-order valence-corrected chi connectivity index (χ4v) is 2.40. The Morgan fingerprint density at radius 3 is 2.78 bits per heavy atom. The Morgan fingerprint density at radius 2 is 2.09 bits per heavy atom. The van der Waals surface area contributed by atoms with Crippen LogP contribution in [0.25, 0.3) is 0 Å². The third kappa shape index (κ3) is 3.60. The summed E-state index contributed by atoms with van der Waals surface area (Å²) >= 11 is 5.97. The van der Waals surface area contributed by atoms with E-state index < -0.39 is 0 Å². The van der Waals surface area contributed by atoms with Gasteiger partial charge in [-0.25, -0.2) is 0 Å². The van der Waals surface area contributed by atoms with Gasteiger partial charge in [0.25, 0.3) is 5.91 Å². The van der Waals surface area contributed by atoms with Gasteiger partial charge in [0.1, 0.15) is 0 Å². The van der Waals surface area contributed by atoms with Crippen molar-refractivity contribution in [1.82, 2.24) is 19.6 Å². The molecule has 2 heterocycles. The van der Waals surface area contributed by atoms with Gasteiger partial charge in [-0.3, -0.25) is 14.2 Å². The Morgan fingerprint density at radius 1 is 1.26 bits per heavy atom. The zero-order chi connectivity index (χ0) is 16.4. The Labute approximate surface area is 138 Å². The normalized spacial score (nSPS) is 10.7. The molecule has 0 radical (unpaired) electrons. The van der Waals surface area contributed by atoms with Crippen molar-refractivity contribution in [3.05, 3.63) is 64.6 Å². The largest absolute Gasteiger partial charge is 0.304 e. The van der Waals surface area contributed by atoms with Crippen LogP contribution in [0.2, 0.25) is 5.02 Å². The van der Waals surface area contributed by atoms with Crippen LogP contribution in [-0.2, 0) is 13.6 Å². The molecule has 1 amide bonds. The molecule has 3 rings (SSSR count). The van der Waals surface area contributed by atoms with Gasteiger partial charge >= 0.3 is 0 Å². The summed E-state index contributed by atoms with van der Waals surface area (Å²) in [7, 11) is 1.80. The van der Waals surface area contributed by atoms with Crippen molar-refractivity contribution in [3.8, 4) is 0 Å². The SMILES string of the molecule is Cc1cc(C(=O)Nc2ccn(Cc3cccc(Cl)c3)n2)nn1C. The van der Waals surface area contributed by atoms with Crippen molar-refractivity contribution in [2.24, 2.45) is 7.05 Å². The molecule has 0 aliphatic rings. The number of hydrogen-bond donors (Lipinski definition) is 1. The third-order valence-electron chi connectivity index (χ3n) is 3.46. The molecule has 0 spiro atoms. The molecule has 1 aromatic carbocycles. The molecule has 3 aromatic rings. The number of nitrogens with one attached hydrogen (secondary N) is 1. The van der Waals surface area contributed by atoms with E-state index in [4.69, 9.17) is 11.6 Å². The molecular weight excluding hydrogens is 314 g/mol. The number of carbonyl (C=O) groups excluding carboxylic acids is 1. The monoisotopic (exact) mass is 329 g/mol. The highest BCUT2D eigenvalue weighted by Crippen LogP contribution is 2.13. The van der Waals surface area contributed by atoms with E-state index in [1.165, 1.54) is 0 Å². The summed E-state index contributed by atoms with van der Waals surface area (Å²) in [6.45, 7) is 2.47. The van der Waals surface area contributed by atoms with Gasteiger partial charge in [-0.15, -0.1) is 0 Å². The highest BCUT2D eigenvalue weighted by Gasteiger charge is 2.12. The van der Waals surface area contributed by atoms with Gasteiger partial charge < -0.3 is 5.32 Å². The summed E-state index contributed by atoms with van der Waals surface area (Å²) in [4.78, 5) is 12.1. The lowest BCUT2D eigenvalue weighted by atomic mass is 10.2. The Kier molecular flexibility index (Phi) is 4.16. The summed E-state index contributed by atoms with van der Waals surface area (Å²) in [5.41, 5.74) is 2.33. The molecule has 0 unspecified atom stereocenters. The maximum atomic E-state index is 12.1. The van der Waals surface area contributed by atoms with Crippen LogP contribution >= 0.6 is 11.6 Å². The van der Waals surface area contributed by atoms with Crippen molar-refractivity contribution in [3.63, 3.8) is 0 Å². The predicted molar refractivity (Wildman–Crippen MR) is 88.7 cm³/mol. The minimum Gasteiger partial charge on any atom is -0.304 e. The van der Waals surface area contributed by atoms with Gasteiger partial charge in [0, 0.05) is 30.0 Å². The molecule has 6 nitrogen and oxygen atoms in total. The van der Waals surface area contributed by atoms with E-state index in [2.05, 4.69) is 15.5 Å². The van der Waals surface area contributed by atoms with Crippen molar-refractivity contribution in [1.29, 1.82) is 0 Å². The van der Waals surface area contributed by atoms with Crippen molar-refractivity contribution in [2.75, 3.05) is 5.32 Å². The van der Waals surface area contributed by atoms with Crippen LogP contribution in [0.15, 0.2) is 42.6 Å². The molecule has 0 bridgehead atoms. The number of anilines is 1. The molecule has 0 aliphatic heterocycles. The van der Waals surface area contributed by atoms with Crippen LogP contribution in [0.1, 0.15) is 21.7 Å². The topological polar surface area (TPSA) is 64.7 Å². The summed E-state index contributed by atoms with van der Waals surface area (Å²) in [5.74, 6) is 0.210. The van der Waals surface area contributed by atoms with Crippen LogP contribution in [0.4, 0.5) is 5.82 Å². The number of hydrogen-bond acceptors (Lipinski definition) is 3. The summed E-state index contributed by atoms with van der Waals surface area (Å²) in [6, 6.07) is 11.1. The molecule has 7 heteroatoms. The first-order valence-electron chi connectivity index (χ1n) is 7.11. The van der Waals surface area contributed by atoms with Crippen LogP contribution < -0.4 is 5.32 Å². The van der Waals surface area contributed by atoms with E-state index in [1.54, 1.807) is 34.7 Å². The van der Waals surface area contributed by atoms with Crippen LogP contribution in [0.3, 0.4) is 0 Å². The number of benzene rings is 1. The molecule has 0 atom stereocenters. The quantitative estimate of drug-likeness (QED) is 0.800. The number of halogens is 1.